The third-order valence-electron chi connectivity index (χ3n) is 0.769. The molecule has 0 aromatic carbocycles. The Balaban J connectivity index is 4.28. The zero-order valence-electron chi connectivity index (χ0n) is 4.56. The predicted molar refractivity (Wildman–Crippen MR) is 22.4 cm³/mol. The highest BCUT2D eigenvalue weighted by Gasteiger charge is 2.56. The first kappa shape index (κ1) is 9.64. The highest BCUT2D eigenvalue weighted by atomic mass is 19.3. The average Bonchev–Trinajstić information content (AvgIpc) is 1.88. The van der Waals surface area contributed by atoms with Gasteiger partial charge in [0.15, 0.2) is 13.2 Å². The van der Waals surface area contributed by atoms with Gasteiger partial charge in [0, 0.05) is 0 Å². The van der Waals surface area contributed by atoms with Crippen LogP contribution in [0, 0.1) is 13.2 Å². The van der Waals surface area contributed by atoms with Gasteiger partial charge in [-0.1, -0.05) is 0 Å². The van der Waals surface area contributed by atoms with Crippen molar-refractivity contribution >= 4 is 0 Å². The summed E-state index contributed by atoms with van der Waals surface area (Å²) >= 11 is 0. The van der Waals surface area contributed by atoms with E-state index in [2.05, 4.69) is 0 Å². The minimum atomic E-state index is -4.72. The highest BCUT2D eigenvalue weighted by molar-refractivity contribution is 4.94. The summed E-state index contributed by atoms with van der Waals surface area (Å²) in [5, 5.41) is 15.1. The fourth-order valence-electron chi connectivity index (χ4n) is 0.172. The van der Waals surface area contributed by atoms with E-state index in [1.54, 1.807) is 0 Å². The standard InChI is InChI=1S/C4H4F4O2/c5-3(6,1-9)4(7,8)2-10/h1-2,9-10H. The van der Waals surface area contributed by atoms with Crippen LogP contribution in [0.2, 0.25) is 0 Å². The topological polar surface area (TPSA) is 40.5 Å². The number of alkyl halides is 4. The number of hydrogen-bond donors (Lipinski definition) is 2. The number of rotatable bonds is 3. The molecular formula is C4H4F4O2. The van der Waals surface area contributed by atoms with Crippen molar-refractivity contribution in [3.8, 4) is 0 Å². The van der Waals surface area contributed by atoms with Gasteiger partial charge < -0.3 is 10.2 Å². The molecule has 0 atom stereocenters. The molecule has 0 aromatic rings. The number of aliphatic hydroxyl groups is 2. The first-order valence-corrected chi connectivity index (χ1v) is 2.10. The molecule has 2 nitrogen and oxygen atoms in total. The van der Waals surface area contributed by atoms with Gasteiger partial charge in [0.05, 0.1) is 0 Å². The molecule has 0 aliphatic rings. The Kier molecular flexibility index (Phi) is 2.61. The lowest BCUT2D eigenvalue weighted by Gasteiger charge is -2.20. The Labute approximate surface area is 54.1 Å². The fraction of sp³-hybridized carbons (Fsp3) is 0.500. The summed E-state index contributed by atoms with van der Waals surface area (Å²) in [4.78, 5) is 0. The smallest absolute Gasteiger partial charge is 0.340 e. The maximum Gasteiger partial charge on any atom is 0.340 e. The van der Waals surface area contributed by atoms with Crippen molar-refractivity contribution in [3.05, 3.63) is 13.2 Å². The van der Waals surface area contributed by atoms with Gasteiger partial charge in [-0.15, -0.1) is 0 Å². The van der Waals surface area contributed by atoms with Crippen molar-refractivity contribution < 1.29 is 27.8 Å². The van der Waals surface area contributed by atoms with Crippen molar-refractivity contribution in [2.45, 2.75) is 11.8 Å². The van der Waals surface area contributed by atoms with Crippen LogP contribution < -0.4 is 0 Å². The van der Waals surface area contributed by atoms with Gasteiger partial charge in [-0.3, -0.25) is 0 Å². The number of aliphatic hydroxyl groups excluding tert-OH is 2. The van der Waals surface area contributed by atoms with Crippen molar-refractivity contribution in [2.75, 3.05) is 0 Å². The van der Waals surface area contributed by atoms with E-state index in [0.29, 0.717) is 0 Å². The SMILES string of the molecule is O[CH]C(F)(F)C(F)(F)[CH]O. The van der Waals surface area contributed by atoms with E-state index in [0.717, 1.165) is 0 Å². The van der Waals surface area contributed by atoms with Gasteiger partial charge in [-0.05, 0) is 0 Å². The normalized spacial score (nSPS) is 13.8. The van der Waals surface area contributed by atoms with Crippen LogP contribution in [0.4, 0.5) is 17.6 Å². The van der Waals surface area contributed by atoms with Gasteiger partial charge in [-0.25, -0.2) is 0 Å². The second-order valence-electron chi connectivity index (χ2n) is 1.50. The Morgan fingerprint density at radius 3 is 1.10 bits per heavy atom. The zero-order chi connectivity index (χ0) is 8.41. The second-order valence-corrected chi connectivity index (χ2v) is 1.50. The van der Waals surface area contributed by atoms with Gasteiger partial charge in [0.25, 0.3) is 0 Å². The molecule has 2 N–H and O–H groups in total. The first-order valence-electron chi connectivity index (χ1n) is 2.10. The van der Waals surface area contributed by atoms with E-state index in [-0.39, 0.29) is 0 Å². The second kappa shape index (κ2) is 2.71. The minimum Gasteiger partial charge on any atom is -0.384 e. The number of hydrogen-bond acceptors (Lipinski definition) is 2. The Bertz CT molecular complexity index is 99.8. The highest BCUT2D eigenvalue weighted by Crippen LogP contribution is 2.36. The molecule has 0 amide bonds. The third kappa shape index (κ3) is 1.57. The third-order valence-corrected chi connectivity index (χ3v) is 0.769. The van der Waals surface area contributed by atoms with Crippen LogP contribution in [0.3, 0.4) is 0 Å². The first-order chi connectivity index (χ1) is 4.37. The van der Waals surface area contributed by atoms with E-state index in [4.69, 9.17) is 10.2 Å². The van der Waals surface area contributed by atoms with Gasteiger partial charge in [0.2, 0.25) is 0 Å². The summed E-state index contributed by atoms with van der Waals surface area (Å²) in [7, 11) is 0. The molecule has 10 heavy (non-hydrogen) atoms. The van der Waals surface area contributed by atoms with Gasteiger partial charge >= 0.3 is 11.8 Å². The summed E-state index contributed by atoms with van der Waals surface area (Å²) in [6, 6.07) is 0. The fourth-order valence-corrected chi connectivity index (χ4v) is 0.172. The van der Waals surface area contributed by atoms with E-state index in [1.807, 2.05) is 0 Å². The molecule has 0 aromatic heterocycles. The summed E-state index contributed by atoms with van der Waals surface area (Å²) in [6.45, 7) is -1.94. The Morgan fingerprint density at radius 2 is 1.00 bits per heavy atom. The maximum absolute atomic E-state index is 11.7. The van der Waals surface area contributed by atoms with E-state index in [9.17, 15) is 17.6 Å². The van der Waals surface area contributed by atoms with Crippen molar-refractivity contribution in [3.63, 3.8) is 0 Å². The summed E-state index contributed by atoms with van der Waals surface area (Å²) < 4.78 is 46.7. The molecule has 0 spiro atoms. The lowest BCUT2D eigenvalue weighted by molar-refractivity contribution is -0.200. The minimum absolute atomic E-state index is 0.972. The van der Waals surface area contributed by atoms with Crippen molar-refractivity contribution in [1.29, 1.82) is 0 Å². The van der Waals surface area contributed by atoms with Crippen LogP contribution in [0.25, 0.3) is 0 Å². The molecule has 0 fully saturated rings. The van der Waals surface area contributed by atoms with Crippen molar-refractivity contribution in [2.24, 2.45) is 0 Å². The lowest BCUT2D eigenvalue weighted by atomic mass is 10.2. The molecular weight excluding hydrogens is 156 g/mol. The number of halogens is 4. The molecule has 2 radical (unpaired) electrons. The van der Waals surface area contributed by atoms with E-state index in [1.165, 1.54) is 0 Å². The van der Waals surface area contributed by atoms with Crippen molar-refractivity contribution in [1.82, 2.24) is 0 Å². The molecule has 0 aliphatic heterocycles. The summed E-state index contributed by atoms with van der Waals surface area (Å²) in [6.07, 6.45) is 0. The molecule has 0 saturated carbocycles. The van der Waals surface area contributed by atoms with Gasteiger partial charge in [-0.2, -0.15) is 17.6 Å². The molecule has 0 heterocycles. The molecule has 0 bridgehead atoms. The van der Waals surface area contributed by atoms with Crippen LogP contribution >= 0.6 is 0 Å². The van der Waals surface area contributed by atoms with E-state index >= 15 is 0 Å². The largest absolute Gasteiger partial charge is 0.384 e. The zero-order valence-corrected chi connectivity index (χ0v) is 4.56. The summed E-state index contributed by atoms with van der Waals surface area (Å²) in [5.74, 6) is -9.44. The van der Waals surface area contributed by atoms with Crippen LogP contribution in [0.5, 0.6) is 0 Å². The molecule has 0 unspecified atom stereocenters. The molecule has 60 valence electrons. The van der Waals surface area contributed by atoms with Gasteiger partial charge in [0.1, 0.15) is 0 Å². The molecule has 0 saturated heterocycles. The van der Waals surface area contributed by atoms with Crippen LogP contribution in [-0.2, 0) is 0 Å². The maximum atomic E-state index is 11.7. The molecule has 6 heteroatoms. The summed E-state index contributed by atoms with van der Waals surface area (Å²) in [5.41, 5.74) is 0. The van der Waals surface area contributed by atoms with E-state index < -0.39 is 25.1 Å². The molecule has 0 aliphatic carbocycles. The van der Waals surface area contributed by atoms with Crippen LogP contribution in [0.15, 0.2) is 0 Å². The Hall–Kier alpha value is -0.360. The molecule has 0 rings (SSSR count). The average molecular weight is 160 g/mol. The lowest BCUT2D eigenvalue weighted by Crippen LogP contribution is -2.41. The predicted octanol–water partition coefficient (Wildman–Crippen LogP) is 1.33. The quantitative estimate of drug-likeness (QED) is 0.611. The Morgan fingerprint density at radius 1 is 0.800 bits per heavy atom. The van der Waals surface area contributed by atoms with Crippen LogP contribution in [0.1, 0.15) is 0 Å². The van der Waals surface area contributed by atoms with Crippen LogP contribution in [-0.4, -0.2) is 22.1 Å². The monoisotopic (exact) mass is 160 g/mol.